The van der Waals surface area contributed by atoms with Gasteiger partial charge in [-0.15, -0.1) is 0 Å². The van der Waals surface area contributed by atoms with E-state index in [2.05, 4.69) is 30.3 Å². The van der Waals surface area contributed by atoms with E-state index >= 15 is 0 Å². The van der Waals surface area contributed by atoms with Crippen LogP contribution in [0.5, 0.6) is 5.75 Å². The summed E-state index contributed by atoms with van der Waals surface area (Å²) in [6.07, 6.45) is 7.92. The molecular weight excluding hydrogens is 270 g/mol. The maximum Gasteiger partial charge on any atom is 0.124 e. The summed E-state index contributed by atoms with van der Waals surface area (Å²) in [5, 5.41) is 9.85. The lowest BCUT2D eigenvalue weighted by Crippen LogP contribution is -2.25. The minimum absolute atomic E-state index is 0.307. The topological polar surface area (TPSA) is 32.6 Å². The normalized spacial score (nSPS) is 22.0. The van der Waals surface area contributed by atoms with Crippen molar-refractivity contribution in [3.63, 3.8) is 0 Å². The summed E-state index contributed by atoms with van der Waals surface area (Å²) < 4.78 is 0. The molecule has 114 valence electrons. The molecule has 1 aliphatic carbocycles. The fraction of sp³-hybridized carbons (Fsp3) is 0.350. The van der Waals surface area contributed by atoms with E-state index in [1.807, 2.05) is 24.4 Å². The Morgan fingerprint density at radius 3 is 2.50 bits per heavy atom. The quantitative estimate of drug-likeness (QED) is 0.820. The van der Waals surface area contributed by atoms with Gasteiger partial charge in [-0.05, 0) is 42.9 Å². The van der Waals surface area contributed by atoms with Crippen LogP contribution in [0.15, 0.2) is 59.6 Å². The molecule has 1 N–H and O–H groups in total. The highest BCUT2D eigenvalue weighted by Crippen LogP contribution is 2.30. The average Bonchev–Trinajstić information content (AvgIpc) is 2.56. The van der Waals surface area contributed by atoms with Gasteiger partial charge < -0.3 is 5.11 Å². The van der Waals surface area contributed by atoms with Gasteiger partial charge in [-0.1, -0.05) is 55.3 Å². The molecule has 2 atom stereocenters. The van der Waals surface area contributed by atoms with Crippen LogP contribution in [-0.4, -0.2) is 17.4 Å². The van der Waals surface area contributed by atoms with E-state index in [4.69, 9.17) is 4.99 Å². The van der Waals surface area contributed by atoms with Gasteiger partial charge in [0.15, 0.2) is 0 Å². The molecule has 1 fully saturated rings. The number of aliphatic imine (C=N–C) groups is 1. The standard InChI is InChI=1S/C20H23NO/c22-20-13-7-5-11-18(20)15-21-19-12-6-4-10-17(19)14-16-8-2-1-3-9-16/h1-3,5,7-9,11,13,15,17,19,22H,4,6,10,12,14H2/t17-,19-/m0/s1. The molecule has 0 unspecified atom stereocenters. The average molecular weight is 293 g/mol. The van der Waals surface area contributed by atoms with Crippen molar-refractivity contribution in [2.45, 2.75) is 38.1 Å². The van der Waals surface area contributed by atoms with E-state index < -0.39 is 0 Å². The second-order valence-corrected chi connectivity index (χ2v) is 6.14. The summed E-state index contributed by atoms with van der Waals surface area (Å²) in [5.74, 6) is 0.917. The number of benzene rings is 2. The van der Waals surface area contributed by atoms with Gasteiger partial charge in [0.1, 0.15) is 5.75 Å². The molecule has 0 aromatic heterocycles. The summed E-state index contributed by atoms with van der Waals surface area (Å²) in [4.78, 5) is 4.81. The van der Waals surface area contributed by atoms with E-state index in [0.717, 1.165) is 18.4 Å². The van der Waals surface area contributed by atoms with E-state index in [1.54, 1.807) is 6.07 Å². The predicted octanol–water partition coefficient (Wildman–Crippen LogP) is 4.61. The first-order valence-corrected chi connectivity index (χ1v) is 8.18. The maximum absolute atomic E-state index is 9.85. The van der Waals surface area contributed by atoms with Gasteiger partial charge >= 0.3 is 0 Å². The zero-order valence-corrected chi connectivity index (χ0v) is 12.9. The molecule has 0 bridgehead atoms. The predicted molar refractivity (Wildman–Crippen MR) is 91.6 cm³/mol. The molecule has 2 heteroatoms. The van der Waals surface area contributed by atoms with Crippen LogP contribution in [0.4, 0.5) is 0 Å². The van der Waals surface area contributed by atoms with Gasteiger partial charge in [-0.2, -0.15) is 0 Å². The minimum Gasteiger partial charge on any atom is -0.507 e. The summed E-state index contributed by atoms with van der Waals surface area (Å²) in [6, 6.07) is 18.5. The molecule has 1 saturated carbocycles. The second-order valence-electron chi connectivity index (χ2n) is 6.14. The highest BCUT2D eigenvalue weighted by Gasteiger charge is 2.24. The van der Waals surface area contributed by atoms with Crippen LogP contribution in [0.1, 0.15) is 36.8 Å². The number of nitrogens with zero attached hydrogens (tertiary/aromatic N) is 1. The highest BCUT2D eigenvalue weighted by atomic mass is 16.3. The molecule has 1 aliphatic rings. The molecule has 2 aromatic rings. The number of phenolic OH excluding ortho intramolecular Hbond substituents is 1. The van der Waals surface area contributed by atoms with Crippen LogP contribution in [0.2, 0.25) is 0 Å². The van der Waals surface area contributed by atoms with Crippen molar-refractivity contribution in [1.82, 2.24) is 0 Å². The van der Waals surface area contributed by atoms with E-state index in [9.17, 15) is 5.11 Å². The third kappa shape index (κ3) is 3.76. The van der Waals surface area contributed by atoms with Crippen LogP contribution in [0, 0.1) is 5.92 Å². The molecule has 0 spiro atoms. The third-order valence-electron chi connectivity index (χ3n) is 4.55. The van der Waals surface area contributed by atoms with Crippen molar-refractivity contribution in [2.75, 3.05) is 0 Å². The van der Waals surface area contributed by atoms with Gasteiger partial charge in [0.05, 0.1) is 6.04 Å². The molecular formula is C20H23NO. The Labute approximate surface area is 132 Å². The molecule has 0 saturated heterocycles. The summed E-state index contributed by atoms with van der Waals surface area (Å²) in [5.41, 5.74) is 2.21. The Morgan fingerprint density at radius 2 is 1.68 bits per heavy atom. The van der Waals surface area contributed by atoms with Gasteiger partial charge in [-0.3, -0.25) is 4.99 Å². The molecule has 22 heavy (non-hydrogen) atoms. The van der Waals surface area contributed by atoms with E-state index in [-0.39, 0.29) is 0 Å². The highest BCUT2D eigenvalue weighted by molar-refractivity contribution is 5.83. The summed E-state index contributed by atoms with van der Waals surface area (Å²) >= 11 is 0. The molecule has 3 rings (SSSR count). The second kappa shape index (κ2) is 7.26. The number of hydrogen-bond donors (Lipinski definition) is 1. The maximum atomic E-state index is 9.85. The van der Waals surface area contributed by atoms with Crippen molar-refractivity contribution in [2.24, 2.45) is 10.9 Å². The monoisotopic (exact) mass is 293 g/mol. The van der Waals surface area contributed by atoms with Crippen molar-refractivity contribution in [3.8, 4) is 5.75 Å². The molecule has 0 radical (unpaired) electrons. The first kappa shape index (κ1) is 14.8. The van der Waals surface area contributed by atoms with Crippen molar-refractivity contribution >= 4 is 6.21 Å². The van der Waals surface area contributed by atoms with Gasteiger partial charge in [0.2, 0.25) is 0 Å². The lowest BCUT2D eigenvalue weighted by atomic mass is 9.81. The SMILES string of the molecule is Oc1ccccc1C=N[C@H]1CCCC[C@H]1Cc1ccccc1. The Morgan fingerprint density at radius 1 is 0.955 bits per heavy atom. The fourth-order valence-electron chi connectivity index (χ4n) is 3.31. The van der Waals surface area contributed by atoms with Crippen LogP contribution in [-0.2, 0) is 6.42 Å². The lowest BCUT2D eigenvalue weighted by Gasteiger charge is -2.28. The Kier molecular flexibility index (Phi) is 4.89. The first-order chi connectivity index (χ1) is 10.8. The summed E-state index contributed by atoms with van der Waals surface area (Å²) in [7, 11) is 0. The smallest absolute Gasteiger partial charge is 0.124 e. The van der Waals surface area contributed by atoms with Crippen LogP contribution in [0.3, 0.4) is 0 Å². The van der Waals surface area contributed by atoms with Crippen LogP contribution < -0.4 is 0 Å². The van der Waals surface area contributed by atoms with Crippen LogP contribution in [0.25, 0.3) is 0 Å². The first-order valence-electron chi connectivity index (χ1n) is 8.18. The summed E-state index contributed by atoms with van der Waals surface area (Å²) in [6.45, 7) is 0. The zero-order chi connectivity index (χ0) is 15.2. The number of hydrogen-bond acceptors (Lipinski definition) is 2. The Hall–Kier alpha value is -2.09. The van der Waals surface area contributed by atoms with Crippen LogP contribution >= 0.6 is 0 Å². The largest absolute Gasteiger partial charge is 0.507 e. The van der Waals surface area contributed by atoms with Crippen molar-refractivity contribution in [1.29, 1.82) is 0 Å². The van der Waals surface area contributed by atoms with Gasteiger partial charge in [0, 0.05) is 11.8 Å². The zero-order valence-electron chi connectivity index (χ0n) is 12.9. The van der Waals surface area contributed by atoms with E-state index in [0.29, 0.717) is 17.7 Å². The molecule has 0 amide bonds. The number of phenols is 1. The Bertz CT molecular complexity index is 621. The van der Waals surface area contributed by atoms with Crippen molar-refractivity contribution < 1.29 is 5.11 Å². The molecule has 0 heterocycles. The third-order valence-corrected chi connectivity index (χ3v) is 4.55. The number of aromatic hydroxyl groups is 1. The minimum atomic E-state index is 0.307. The van der Waals surface area contributed by atoms with Gasteiger partial charge in [0.25, 0.3) is 0 Å². The number of para-hydroxylation sites is 1. The fourth-order valence-corrected chi connectivity index (χ4v) is 3.31. The molecule has 0 aliphatic heterocycles. The lowest BCUT2D eigenvalue weighted by molar-refractivity contribution is 0.309. The number of rotatable bonds is 4. The molecule has 2 aromatic carbocycles. The molecule has 2 nitrogen and oxygen atoms in total. The van der Waals surface area contributed by atoms with Crippen molar-refractivity contribution in [3.05, 3.63) is 65.7 Å². The van der Waals surface area contributed by atoms with Gasteiger partial charge in [-0.25, -0.2) is 0 Å². The van der Waals surface area contributed by atoms with E-state index in [1.165, 1.54) is 24.8 Å². The Balaban J connectivity index is 1.71.